The fourth-order valence-electron chi connectivity index (χ4n) is 1.84. The molecule has 2 aromatic rings. The number of amides is 1. The standard InChI is InChI=1S/C15H16BrNO2S/c1-17(9-12-7-14(16)20-10-12)15(18)8-11-3-5-13(19-2)6-4-11/h3-7,10H,8-9H2,1-2H3. The summed E-state index contributed by atoms with van der Waals surface area (Å²) in [5.41, 5.74) is 2.14. The molecule has 106 valence electrons. The van der Waals surface area contributed by atoms with Gasteiger partial charge in [-0.05, 0) is 50.6 Å². The second-order valence-corrected chi connectivity index (χ2v) is 6.82. The van der Waals surface area contributed by atoms with E-state index in [-0.39, 0.29) is 5.91 Å². The molecular weight excluding hydrogens is 338 g/mol. The Balaban J connectivity index is 1.93. The van der Waals surface area contributed by atoms with Crippen LogP contribution in [0.1, 0.15) is 11.1 Å². The van der Waals surface area contributed by atoms with Crippen molar-refractivity contribution in [1.29, 1.82) is 0 Å². The summed E-state index contributed by atoms with van der Waals surface area (Å²) in [4.78, 5) is 13.9. The summed E-state index contributed by atoms with van der Waals surface area (Å²) in [6.07, 6.45) is 0.409. The topological polar surface area (TPSA) is 29.5 Å². The van der Waals surface area contributed by atoms with Crippen LogP contribution in [0.4, 0.5) is 0 Å². The van der Waals surface area contributed by atoms with Crippen LogP contribution >= 0.6 is 27.3 Å². The van der Waals surface area contributed by atoms with Crippen LogP contribution in [0.15, 0.2) is 39.5 Å². The Labute approximate surface area is 131 Å². The van der Waals surface area contributed by atoms with E-state index < -0.39 is 0 Å². The molecule has 2 rings (SSSR count). The minimum absolute atomic E-state index is 0.109. The third kappa shape index (κ3) is 4.08. The van der Waals surface area contributed by atoms with Crippen molar-refractivity contribution in [2.75, 3.05) is 14.2 Å². The molecule has 1 aromatic carbocycles. The minimum atomic E-state index is 0.109. The third-order valence-electron chi connectivity index (χ3n) is 2.98. The molecule has 0 unspecified atom stereocenters. The van der Waals surface area contributed by atoms with Crippen molar-refractivity contribution in [3.05, 3.63) is 50.6 Å². The predicted octanol–water partition coefficient (Wildman–Crippen LogP) is 3.72. The minimum Gasteiger partial charge on any atom is -0.497 e. The summed E-state index contributed by atoms with van der Waals surface area (Å²) in [6.45, 7) is 0.636. The quantitative estimate of drug-likeness (QED) is 0.819. The number of rotatable bonds is 5. The highest BCUT2D eigenvalue weighted by Crippen LogP contribution is 2.21. The zero-order valence-corrected chi connectivity index (χ0v) is 13.8. The first-order valence-corrected chi connectivity index (χ1v) is 7.85. The molecule has 0 saturated heterocycles. The van der Waals surface area contributed by atoms with E-state index in [1.165, 1.54) is 0 Å². The summed E-state index contributed by atoms with van der Waals surface area (Å²) in [5.74, 6) is 0.912. The van der Waals surface area contributed by atoms with Gasteiger partial charge in [0.05, 0.1) is 17.3 Å². The normalized spacial score (nSPS) is 10.3. The molecule has 0 aliphatic rings. The number of nitrogens with zero attached hydrogens (tertiary/aromatic N) is 1. The number of ether oxygens (including phenoxy) is 1. The van der Waals surface area contributed by atoms with Crippen molar-refractivity contribution in [2.24, 2.45) is 0 Å². The van der Waals surface area contributed by atoms with Crippen molar-refractivity contribution in [2.45, 2.75) is 13.0 Å². The molecule has 1 amide bonds. The van der Waals surface area contributed by atoms with Gasteiger partial charge in [0.1, 0.15) is 5.75 Å². The Morgan fingerprint density at radius 2 is 2.00 bits per heavy atom. The molecule has 0 aliphatic heterocycles. The SMILES string of the molecule is COc1ccc(CC(=O)N(C)Cc2csc(Br)c2)cc1. The molecule has 0 saturated carbocycles. The van der Waals surface area contributed by atoms with Crippen LogP contribution in [0.2, 0.25) is 0 Å². The zero-order chi connectivity index (χ0) is 14.5. The zero-order valence-electron chi connectivity index (χ0n) is 11.4. The van der Waals surface area contributed by atoms with Gasteiger partial charge in [-0.25, -0.2) is 0 Å². The Hall–Kier alpha value is -1.33. The van der Waals surface area contributed by atoms with E-state index in [1.54, 1.807) is 23.3 Å². The summed E-state index contributed by atoms with van der Waals surface area (Å²) in [7, 11) is 3.46. The molecule has 5 heteroatoms. The average molecular weight is 354 g/mol. The van der Waals surface area contributed by atoms with Crippen LogP contribution in [0, 0.1) is 0 Å². The van der Waals surface area contributed by atoms with E-state index in [9.17, 15) is 4.79 Å². The number of halogens is 1. The van der Waals surface area contributed by atoms with Gasteiger partial charge in [-0.3, -0.25) is 4.79 Å². The molecule has 1 heterocycles. The second-order valence-electron chi connectivity index (χ2n) is 4.53. The molecule has 0 radical (unpaired) electrons. The van der Waals surface area contributed by atoms with Crippen molar-refractivity contribution >= 4 is 33.2 Å². The highest BCUT2D eigenvalue weighted by atomic mass is 79.9. The van der Waals surface area contributed by atoms with Crippen molar-refractivity contribution < 1.29 is 9.53 Å². The number of methoxy groups -OCH3 is 1. The van der Waals surface area contributed by atoms with Gasteiger partial charge in [-0.1, -0.05) is 12.1 Å². The van der Waals surface area contributed by atoms with E-state index in [0.717, 1.165) is 20.7 Å². The maximum Gasteiger partial charge on any atom is 0.227 e. The number of hydrogen-bond acceptors (Lipinski definition) is 3. The first-order chi connectivity index (χ1) is 9.58. The largest absolute Gasteiger partial charge is 0.497 e. The van der Waals surface area contributed by atoms with Gasteiger partial charge >= 0.3 is 0 Å². The molecule has 3 nitrogen and oxygen atoms in total. The van der Waals surface area contributed by atoms with Crippen molar-refractivity contribution in [3.8, 4) is 5.75 Å². The van der Waals surface area contributed by atoms with Gasteiger partial charge in [0.25, 0.3) is 0 Å². The van der Waals surface area contributed by atoms with Gasteiger partial charge in [-0.2, -0.15) is 0 Å². The Morgan fingerprint density at radius 1 is 1.30 bits per heavy atom. The number of carbonyl (C=O) groups excluding carboxylic acids is 1. The fraction of sp³-hybridized carbons (Fsp3) is 0.267. The monoisotopic (exact) mass is 353 g/mol. The molecule has 1 aromatic heterocycles. The summed E-state index contributed by atoms with van der Waals surface area (Å²) >= 11 is 5.06. The molecule has 0 N–H and O–H groups in total. The van der Waals surface area contributed by atoms with E-state index in [1.807, 2.05) is 37.4 Å². The highest BCUT2D eigenvalue weighted by Gasteiger charge is 2.11. The number of carbonyl (C=O) groups is 1. The van der Waals surface area contributed by atoms with Crippen LogP contribution in [0.3, 0.4) is 0 Å². The fourth-order valence-corrected chi connectivity index (χ4v) is 3.04. The second kappa shape index (κ2) is 6.90. The van der Waals surface area contributed by atoms with Crippen molar-refractivity contribution in [3.63, 3.8) is 0 Å². The van der Waals surface area contributed by atoms with Gasteiger partial charge in [-0.15, -0.1) is 11.3 Å². The summed E-state index contributed by atoms with van der Waals surface area (Å²) in [6, 6.07) is 9.64. The van der Waals surface area contributed by atoms with E-state index in [0.29, 0.717) is 13.0 Å². The lowest BCUT2D eigenvalue weighted by atomic mass is 10.1. The van der Waals surface area contributed by atoms with E-state index in [2.05, 4.69) is 21.3 Å². The predicted molar refractivity (Wildman–Crippen MR) is 85.2 cm³/mol. The lowest BCUT2D eigenvalue weighted by Crippen LogP contribution is -2.27. The van der Waals surface area contributed by atoms with Crippen LogP contribution in [0.25, 0.3) is 0 Å². The number of likely N-dealkylation sites (N-methyl/N-ethyl adjacent to an activating group) is 1. The third-order valence-corrected chi connectivity index (χ3v) is 4.53. The van der Waals surface area contributed by atoms with Crippen LogP contribution in [-0.4, -0.2) is 25.0 Å². The first kappa shape index (κ1) is 15.1. The molecule has 0 aliphatic carbocycles. The number of hydrogen-bond donors (Lipinski definition) is 0. The molecule has 0 spiro atoms. The summed E-state index contributed by atoms with van der Waals surface area (Å²) in [5, 5.41) is 2.06. The summed E-state index contributed by atoms with van der Waals surface area (Å²) < 4.78 is 6.19. The van der Waals surface area contributed by atoms with Gasteiger partial charge in [0, 0.05) is 13.6 Å². The maximum absolute atomic E-state index is 12.2. The lowest BCUT2D eigenvalue weighted by molar-refractivity contribution is -0.129. The lowest BCUT2D eigenvalue weighted by Gasteiger charge is -2.16. The molecule has 0 fully saturated rings. The average Bonchev–Trinajstić information content (AvgIpc) is 2.85. The van der Waals surface area contributed by atoms with Crippen LogP contribution < -0.4 is 4.74 Å². The van der Waals surface area contributed by atoms with Crippen molar-refractivity contribution in [1.82, 2.24) is 4.90 Å². The number of thiophene rings is 1. The Morgan fingerprint density at radius 3 is 2.55 bits per heavy atom. The smallest absolute Gasteiger partial charge is 0.227 e. The first-order valence-electron chi connectivity index (χ1n) is 6.18. The molecule has 0 atom stereocenters. The van der Waals surface area contributed by atoms with Gasteiger partial charge < -0.3 is 9.64 Å². The van der Waals surface area contributed by atoms with Gasteiger partial charge in [0.15, 0.2) is 0 Å². The van der Waals surface area contributed by atoms with Crippen LogP contribution in [0.5, 0.6) is 5.75 Å². The van der Waals surface area contributed by atoms with Crippen LogP contribution in [-0.2, 0) is 17.8 Å². The number of benzene rings is 1. The molecule has 0 bridgehead atoms. The highest BCUT2D eigenvalue weighted by molar-refractivity contribution is 9.11. The Kier molecular flexibility index (Phi) is 5.20. The van der Waals surface area contributed by atoms with Gasteiger partial charge in [0.2, 0.25) is 5.91 Å². The van der Waals surface area contributed by atoms with E-state index >= 15 is 0 Å². The molecule has 20 heavy (non-hydrogen) atoms. The molecular formula is C15H16BrNO2S. The maximum atomic E-state index is 12.2. The van der Waals surface area contributed by atoms with E-state index in [4.69, 9.17) is 4.74 Å². The Bertz CT molecular complexity index is 580.